The number of esters is 1. The molecule has 0 aliphatic carbocycles. The van der Waals surface area contributed by atoms with E-state index in [9.17, 15) is 4.79 Å². The van der Waals surface area contributed by atoms with Crippen molar-refractivity contribution in [2.75, 3.05) is 26.9 Å². The predicted octanol–water partition coefficient (Wildman–Crippen LogP) is 1.77. The molecule has 0 unspecified atom stereocenters. The smallest absolute Gasteiger partial charge is 0.339 e. The highest BCUT2D eigenvalue weighted by molar-refractivity contribution is 5.93. The standard InChI is InChI=1S/C15H15NO5/c1-18-12-3-2-10-6-11(8-16-13(10)7-12)15(17)21-9-14-19-4-5-20-14/h2-3,6-8,14H,4-5,9H2,1H3. The summed E-state index contributed by atoms with van der Waals surface area (Å²) in [4.78, 5) is 16.2. The topological polar surface area (TPSA) is 66.9 Å². The van der Waals surface area contributed by atoms with Gasteiger partial charge in [0.25, 0.3) is 0 Å². The summed E-state index contributed by atoms with van der Waals surface area (Å²) in [6.07, 6.45) is 1.02. The maximum atomic E-state index is 12.0. The summed E-state index contributed by atoms with van der Waals surface area (Å²) in [6, 6.07) is 7.21. The number of pyridine rings is 1. The molecule has 110 valence electrons. The van der Waals surface area contributed by atoms with Crippen LogP contribution in [0.4, 0.5) is 0 Å². The lowest BCUT2D eigenvalue weighted by atomic mass is 10.1. The molecule has 1 aromatic carbocycles. The van der Waals surface area contributed by atoms with Gasteiger partial charge in [0.15, 0.2) is 6.29 Å². The predicted molar refractivity (Wildman–Crippen MR) is 74.3 cm³/mol. The lowest BCUT2D eigenvalue weighted by Gasteiger charge is -2.10. The highest BCUT2D eigenvalue weighted by Gasteiger charge is 2.18. The van der Waals surface area contributed by atoms with E-state index in [1.807, 2.05) is 18.2 Å². The minimum absolute atomic E-state index is 0.0828. The van der Waals surface area contributed by atoms with Crippen molar-refractivity contribution < 1.29 is 23.7 Å². The fourth-order valence-electron chi connectivity index (χ4n) is 2.07. The van der Waals surface area contributed by atoms with Crippen LogP contribution in [0.1, 0.15) is 10.4 Å². The summed E-state index contributed by atoms with van der Waals surface area (Å²) in [6.45, 7) is 1.14. The number of methoxy groups -OCH3 is 1. The summed E-state index contributed by atoms with van der Waals surface area (Å²) >= 11 is 0. The maximum Gasteiger partial charge on any atom is 0.339 e. The van der Waals surface area contributed by atoms with E-state index >= 15 is 0 Å². The lowest BCUT2D eigenvalue weighted by Crippen LogP contribution is -2.19. The van der Waals surface area contributed by atoms with Crippen LogP contribution in [0.3, 0.4) is 0 Å². The van der Waals surface area contributed by atoms with Crippen LogP contribution in [0.2, 0.25) is 0 Å². The number of fused-ring (bicyclic) bond motifs is 1. The molecule has 0 bridgehead atoms. The lowest BCUT2D eigenvalue weighted by molar-refractivity contribution is -0.0809. The molecule has 0 spiro atoms. The Bertz CT molecular complexity index is 652. The first-order valence-electron chi connectivity index (χ1n) is 6.60. The molecule has 1 saturated heterocycles. The van der Waals surface area contributed by atoms with Gasteiger partial charge in [-0.05, 0) is 18.2 Å². The zero-order valence-electron chi connectivity index (χ0n) is 11.6. The first-order valence-corrected chi connectivity index (χ1v) is 6.60. The largest absolute Gasteiger partial charge is 0.497 e. The highest BCUT2D eigenvalue weighted by Crippen LogP contribution is 2.20. The first-order chi connectivity index (χ1) is 10.3. The third-order valence-electron chi connectivity index (χ3n) is 3.17. The number of hydrogen-bond acceptors (Lipinski definition) is 6. The molecule has 1 aromatic heterocycles. The Morgan fingerprint density at radius 1 is 1.33 bits per heavy atom. The molecular formula is C15H15NO5. The van der Waals surface area contributed by atoms with Gasteiger partial charge in [-0.2, -0.15) is 0 Å². The Balaban J connectivity index is 1.72. The van der Waals surface area contributed by atoms with Crippen molar-refractivity contribution in [3.8, 4) is 5.75 Å². The average Bonchev–Trinajstić information content (AvgIpc) is 3.05. The summed E-state index contributed by atoms with van der Waals surface area (Å²) in [7, 11) is 1.60. The molecule has 1 fully saturated rings. The van der Waals surface area contributed by atoms with Gasteiger partial charge in [-0.25, -0.2) is 4.79 Å². The third kappa shape index (κ3) is 3.12. The van der Waals surface area contributed by atoms with E-state index in [0.717, 1.165) is 16.7 Å². The number of benzene rings is 1. The van der Waals surface area contributed by atoms with E-state index in [-0.39, 0.29) is 6.61 Å². The number of nitrogens with zero attached hydrogens (tertiary/aromatic N) is 1. The maximum absolute atomic E-state index is 12.0. The fraction of sp³-hybridized carbons (Fsp3) is 0.333. The molecule has 6 nitrogen and oxygen atoms in total. The first kappa shape index (κ1) is 13.8. The quantitative estimate of drug-likeness (QED) is 0.799. The summed E-state index contributed by atoms with van der Waals surface area (Å²) in [5, 5.41) is 0.846. The zero-order chi connectivity index (χ0) is 14.7. The van der Waals surface area contributed by atoms with Crippen LogP contribution in [-0.4, -0.2) is 44.2 Å². The van der Waals surface area contributed by atoms with Gasteiger partial charge in [-0.15, -0.1) is 0 Å². The molecule has 0 saturated carbocycles. The van der Waals surface area contributed by atoms with E-state index < -0.39 is 12.3 Å². The van der Waals surface area contributed by atoms with E-state index in [1.54, 1.807) is 13.2 Å². The van der Waals surface area contributed by atoms with Gasteiger partial charge in [0.1, 0.15) is 12.4 Å². The second-order valence-electron chi connectivity index (χ2n) is 4.55. The molecule has 0 atom stereocenters. The summed E-state index contributed by atoms with van der Waals surface area (Å²) in [5.74, 6) is 0.278. The van der Waals surface area contributed by atoms with Crippen molar-refractivity contribution in [3.05, 3.63) is 36.0 Å². The van der Waals surface area contributed by atoms with Crippen molar-refractivity contribution in [2.45, 2.75) is 6.29 Å². The van der Waals surface area contributed by atoms with E-state index in [4.69, 9.17) is 18.9 Å². The zero-order valence-corrected chi connectivity index (χ0v) is 11.6. The number of carbonyl (C=O) groups is 1. The van der Waals surface area contributed by atoms with Gasteiger partial charge in [-0.3, -0.25) is 4.98 Å². The monoisotopic (exact) mass is 289 g/mol. The normalized spacial score (nSPS) is 15.3. The Morgan fingerprint density at radius 3 is 2.90 bits per heavy atom. The number of rotatable bonds is 4. The number of hydrogen-bond donors (Lipinski definition) is 0. The summed E-state index contributed by atoms with van der Waals surface area (Å²) in [5.41, 5.74) is 1.15. The van der Waals surface area contributed by atoms with Crippen LogP contribution >= 0.6 is 0 Å². The van der Waals surface area contributed by atoms with Crippen LogP contribution in [0.5, 0.6) is 5.75 Å². The van der Waals surface area contributed by atoms with Crippen molar-refractivity contribution >= 4 is 16.9 Å². The second kappa shape index (κ2) is 6.07. The minimum atomic E-state index is -0.466. The van der Waals surface area contributed by atoms with Crippen LogP contribution in [-0.2, 0) is 14.2 Å². The average molecular weight is 289 g/mol. The third-order valence-corrected chi connectivity index (χ3v) is 3.17. The number of carbonyl (C=O) groups excluding carboxylic acids is 1. The van der Waals surface area contributed by atoms with Crippen LogP contribution < -0.4 is 4.74 Å². The SMILES string of the molecule is COc1ccc2cc(C(=O)OCC3OCCO3)cnc2c1. The van der Waals surface area contributed by atoms with Crippen LogP contribution in [0.15, 0.2) is 30.5 Å². The van der Waals surface area contributed by atoms with Gasteiger partial charge in [0.05, 0.1) is 31.4 Å². The number of ether oxygens (including phenoxy) is 4. The summed E-state index contributed by atoms with van der Waals surface area (Å²) < 4.78 is 20.7. The Hall–Kier alpha value is -2.18. The molecule has 0 N–H and O–H groups in total. The van der Waals surface area contributed by atoms with Crippen molar-refractivity contribution in [3.63, 3.8) is 0 Å². The highest BCUT2D eigenvalue weighted by atomic mass is 16.7. The van der Waals surface area contributed by atoms with Crippen LogP contribution in [0, 0.1) is 0 Å². The molecular weight excluding hydrogens is 274 g/mol. The second-order valence-corrected chi connectivity index (χ2v) is 4.55. The van der Waals surface area contributed by atoms with Gasteiger partial charge >= 0.3 is 5.97 Å². The molecule has 3 rings (SSSR count). The van der Waals surface area contributed by atoms with E-state index in [0.29, 0.717) is 18.8 Å². The molecule has 21 heavy (non-hydrogen) atoms. The Morgan fingerprint density at radius 2 is 2.14 bits per heavy atom. The molecule has 2 heterocycles. The fourth-order valence-corrected chi connectivity index (χ4v) is 2.07. The molecule has 6 heteroatoms. The van der Waals surface area contributed by atoms with Crippen molar-refractivity contribution in [2.24, 2.45) is 0 Å². The van der Waals surface area contributed by atoms with Gasteiger partial charge in [0.2, 0.25) is 0 Å². The van der Waals surface area contributed by atoms with Crippen molar-refractivity contribution in [1.29, 1.82) is 0 Å². The molecule has 0 radical (unpaired) electrons. The van der Waals surface area contributed by atoms with Crippen LogP contribution in [0.25, 0.3) is 10.9 Å². The molecule has 1 aliphatic heterocycles. The molecule has 1 aliphatic rings. The Kier molecular flexibility index (Phi) is 3.98. The minimum Gasteiger partial charge on any atom is -0.497 e. The van der Waals surface area contributed by atoms with Gasteiger partial charge in [0, 0.05) is 17.6 Å². The van der Waals surface area contributed by atoms with E-state index in [1.165, 1.54) is 6.20 Å². The van der Waals surface area contributed by atoms with Crippen molar-refractivity contribution in [1.82, 2.24) is 4.98 Å². The van der Waals surface area contributed by atoms with E-state index in [2.05, 4.69) is 4.98 Å². The van der Waals surface area contributed by atoms with Gasteiger partial charge in [-0.1, -0.05) is 0 Å². The molecule has 0 amide bonds. The molecule has 2 aromatic rings. The Labute approximate surface area is 121 Å². The number of aromatic nitrogens is 1. The van der Waals surface area contributed by atoms with Gasteiger partial charge < -0.3 is 18.9 Å².